The van der Waals surface area contributed by atoms with Crippen molar-refractivity contribution >= 4 is 24.1 Å². The third-order valence-corrected chi connectivity index (χ3v) is 9.93. The maximum absolute atomic E-state index is 13.6. The number of hydrogen-bond donors (Lipinski definition) is 5. The van der Waals surface area contributed by atoms with Gasteiger partial charge in [0.25, 0.3) is 0 Å². The number of unbranched alkanes of at least 4 members (excludes halogenated alkanes) is 23. The van der Waals surface area contributed by atoms with Crippen molar-refractivity contribution in [2.45, 2.75) is 217 Å². The molecule has 1 heterocycles. The number of nitrogens with zero attached hydrogens (tertiary/aromatic N) is 1. The Labute approximate surface area is 300 Å². The Morgan fingerprint density at radius 2 is 1.00 bits per heavy atom. The summed E-state index contributed by atoms with van der Waals surface area (Å²) in [5.74, 6) is -2.67. The van der Waals surface area contributed by atoms with E-state index in [0.29, 0.717) is 12.8 Å². The summed E-state index contributed by atoms with van der Waals surface area (Å²) in [6, 6.07) is 0. The molecule has 0 aromatic rings. The second-order valence-corrected chi connectivity index (χ2v) is 14.2. The number of ether oxygens (including phenoxy) is 1. The van der Waals surface area contributed by atoms with Crippen LogP contribution in [0, 0.1) is 0 Å². The first-order valence-electron chi connectivity index (χ1n) is 19.8. The Morgan fingerprint density at radius 3 is 1.40 bits per heavy atom. The molecule has 1 fully saturated rings. The zero-order valence-corrected chi connectivity index (χ0v) is 31.7. The molecule has 0 saturated carbocycles. The fraction of sp³-hybridized carbons (Fsp3) is 0.947. The molecule has 0 spiro atoms. The Hall–Kier alpha value is -0.810. The predicted octanol–water partition coefficient (Wildman–Crippen LogP) is 7.43. The lowest BCUT2D eigenvalue weighted by atomic mass is 9.91. The molecule has 1 aliphatic rings. The Balaban J connectivity index is 0.0000221. The van der Waals surface area contributed by atoms with Gasteiger partial charge < -0.3 is 25.8 Å². The highest BCUT2D eigenvalue weighted by molar-refractivity contribution is 5.85. The van der Waals surface area contributed by atoms with Gasteiger partial charge in [0.05, 0.1) is 12.6 Å². The molecule has 1 aliphatic heterocycles. The minimum Gasteiger partial charge on any atom is -0.388 e. The summed E-state index contributed by atoms with van der Waals surface area (Å²) >= 11 is 0. The Morgan fingerprint density at radius 1 is 0.625 bits per heavy atom. The van der Waals surface area contributed by atoms with Crippen molar-refractivity contribution in [2.24, 2.45) is 11.5 Å². The van der Waals surface area contributed by atoms with Gasteiger partial charge in [-0.05, 0) is 12.8 Å². The third-order valence-electron chi connectivity index (χ3n) is 9.93. The number of ketones is 1. The van der Waals surface area contributed by atoms with Crippen LogP contribution in [0.2, 0.25) is 0 Å². The van der Waals surface area contributed by atoms with E-state index in [2.05, 4.69) is 13.8 Å². The van der Waals surface area contributed by atoms with Crippen LogP contribution in [0.4, 0.5) is 0 Å². The van der Waals surface area contributed by atoms with Crippen LogP contribution in [-0.2, 0) is 14.3 Å². The van der Waals surface area contributed by atoms with Gasteiger partial charge >= 0.3 is 0 Å². The third kappa shape index (κ3) is 19.5. The summed E-state index contributed by atoms with van der Waals surface area (Å²) in [5, 5.41) is 32.2. The van der Waals surface area contributed by atoms with Gasteiger partial charge in [-0.25, -0.2) is 0 Å². The van der Waals surface area contributed by atoms with Crippen LogP contribution < -0.4 is 11.5 Å². The van der Waals surface area contributed by atoms with Crippen molar-refractivity contribution in [3.05, 3.63) is 0 Å². The van der Waals surface area contributed by atoms with Crippen LogP contribution >= 0.6 is 12.4 Å². The van der Waals surface area contributed by atoms with Gasteiger partial charge in [-0.15, -0.1) is 12.4 Å². The number of carbonyl (C=O) groups excluding carboxylic acids is 2. The fourth-order valence-corrected chi connectivity index (χ4v) is 6.76. The van der Waals surface area contributed by atoms with E-state index < -0.39 is 30.3 Å². The van der Waals surface area contributed by atoms with E-state index >= 15 is 0 Å². The maximum atomic E-state index is 13.6. The van der Waals surface area contributed by atoms with E-state index in [-0.39, 0.29) is 50.0 Å². The topological polar surface area (TPSA) is 159 Å². The smallest absolute Gasteiger partial charge is 0.227 e. The number of halogens is 1. The minimum atomic E-state index is -2.05. The molecule has 0 bridgehead atoms. The van der Waals surface area contributed by atoms with Gasteiger partial charge in [-0.2, -0.15) is 0 Å². The lowest BCUT2D eigenvalue weighted by Gasteiger charge is -2.51. The second-order valence-electron chi connectivity index (χ2n) is 14.2. The lowest BCUT2D eigenvalue weighted by molar-refractivity contribution is -0.308. The van der Waals surface area contributed by atoms with E-state index in [9.17, 15) is 24.9 Å². The molecule has 0 aliphatic carbocycles. The van der Waals surface area contributed by atoms with Gasteiger partial charge in [-0.1, -0.05) is 162 Å². The van der Waals surface area contributed by atoms with Crippen molar-refractivity contribution in [3.8, 4) is 0 Å². The largest absolute Gasteiger partial charge is 0.388 e. The van der Waals surface area contributed by atoms with Crippen LogP contribution in [0.25, 0.3) is 0 Å². The summed E-state index contributed by atoms with van der Waals surface area (Å²) < 4.78 is 5.94. The molecule has 1 saturated heterocycles. The summed E-state index contributed by atoms with van der Waals surface area (Å²) in [5.41, 5.74) is 12.1. The van der Waals surface area contributed by atoms with Crippen molar-refractivity contribution in [2.75, 3.05) is 13.1 Å². The van der Waals surface area contributed by atoms with Crippen molar-refractivity contribution in [3.63, 3.8) is 0 Å². The summed E-state index contributed by atoms with van der Waals surface area (Å²) in [6.07, 6.45) is 23.8. The summed E-state index contributed by atoms with van der Waals surface area (Å²) in [7, 11) is 0. The number of carbonyl (C=O) groups is 2. The number of hydrogen-bond acceptors (Lipinski definition) is 8. The highest BCUT2D eigenvalue weighted by Gasteiger charge is 2.55. The number of Topliss-reactive ketones (excluding diaryl/α,β-unsaturated/α-hetero) is 1. The molecule has 10 heteroatoms. The highest BCUT2D eigenvalue weighted by Crippen LogP contribution is 2.32. The van der Waals surface area contributed by atoms with Gasteiger partial charge in [0.1, 0.15) is 24.1 Å². The highest BCUT2D eigenvalue weighted by atomic mass is 35.5. The maximum Gasteiger partial charge on any atom is 0.227 e. The molecule has 7 N–H and O–H groups in total. The fourth-order valence-electron chi connectivity index (χ4n) is 6.76. The molecule has 0 aromatic heterocycles. The SMILES string of the molecule is CCCCCCCCCCCCCCCCCCN(C(=O)CCCCCCCCCCC)[C@]1(N)O[C@H](CC(=O)CN)[C@@H](O)[C@H](O)[C@H]1O.Cl. The van der Waals surface area contributed by atoms with Crippen LogP contribution in [-0.4, -0.2) is 75.3 Å². The Kier molecular flexibility index (Phi) is 29.4. The molecule has 48 heavy (non-hydrogen) atoms. The molecule has 0 aromatic carbocycles. The average Bonchev–Trinajstić information content (AvgIpc) is 3.06. The van der Waals surface area contributed by atoms with E-state index in [0.717, 1.165) is 38.5 Å². The Bertz CT molecular complexity index is 794. The van der Waals surface area contributed by atoms with Crippen LogP contribution in [0.1, 0.15) is 187 Å². The number of amides is 1. The quantitative estimate of drug-likeness (QED) is 0.0368. The normalized spacial score (nSPS) is 22.4. The van der Waals surface area contributed by atoms with Gasteiger partial charge in [0.15, 0.2) is 0 Å². The van der Waals surface area contributed by atoms with Crippen molar-refractivity contribution in [1.29, 1.82) is 0 Å². The van der Waals surface area contributed by atoms with Crippen LogP contribution in [0.15, 0.2) is 0 Å². The second kappa shape index (κ2) is 29.9. The number of aliphatic hydroxyl groups is 3. The van der Waals surface area contributed by atoms with Gasteiger partial charge in [0.2, 0.25) is 11.8 Å². The average molecular weight is 706 g/mol. The number of nitrogens with two attached hydrogens (primary N) is 2. The van der Waals surface area contributed by atoms with E-state index in [1.807, 2.05) is 0 Å². The molecule has 5 atom stereocenters. The molecule has 9 nitrogen and oxygen atoms in total. The zero-order chi connectivity index (χ0) is 34.8. The lowest BCUT2D eigenvalue weighted by Crippen LogP contribution is -2.76. The molecule has 0 unspecified atom stereocenters. The molecule has 286 valence electrons. The standard InChI is InChI=1S/C38H75N3O6.ClH/c1-3-5-7-9-11-13-14-15-16-17-18-19-21-23-25-27-29-41(34(43)28-26-24-22-20-12-10-8-6-4-2)38(40)37(46)36(45)35(44)33(47-38)30-32(42)31-39;/h33,35-37,44-46H,3-31,39-40H2,1-2H3;1H/t33-,35-,36+,37-,38+;/m1./s1. The van der Waals surface area contributed by atoms with E-state index in [1.54, 1.807) is 0 Å². The van der Waals surface area contributed by atoms with Crippen LogP contribution in [0.5, 0.6) is 0 Å². The summed E-state index contributed by atoms with van der Waals surface area (Å²) in [6.45, 7) is 4.50. The number of rotatable bonds is 31. The molecule has 1 amide bonds. The molecule has 0 radical (unpaired) electrons. The van der Waals surface area contributed by atoms with Crippen molar-refractivity contribution in [1.82, 2.24) is 4.90 Å². The van der Waals surface area contributed by atoms with E-state index in [1.165, 1.54) is 114 Å². The minimum absolute atomic E-state index is 0. The first-order chi connectivity index (χ1) is 22.7. The van der Waals surface area contributed by atoms with Crippen LogP contribution in [0.3, 0.4) is 0 Å². The zero-order valence-electron chi connectivity index (χ0n) is 30.9. The number of aliphatic hydroxyl groups excluding tert-OH is 3. The van der Waals surface area contributed by atoms with Crippen molar-refractivity contribution < 1.29 is 29.6 Å². The molecule has 1 rings (SSSR count). The molecular formula is C38H76ClN3O6. The summed E-state index contributed by atoms with van der Waals surface area (Å²) in [4.78, 5) is 27.0. The van der Waals surface area contributed by atoms with E-state index in [4.69, 9.17) is 16.2 Å². The molecular weight excluding hydrogens is 630 g/mol. The first-order valence-corrected chi connectivity index (χ1v) is 19.8. The van der Waals surface area contributed by atoms with Gasteiger partial charge in [-0.3, -0.25) is 20.2 Å². The first kappa shape index (κ1) is 47.2. The predicted molar refractivity (Wildman–Crippen MR) is 199 cm³/mol. The van der Waals surface area contributed by atoms with Gasteiger partial charge in [0, 0.05) is 19.4 Å². The monoisotopic (exact) mass is 706 g/mol.